The number of benzene rings is 1. The zero-order valence-electron chi connectivity index (χ0n) is 11.1. The predicted octanol–water partition coefficient (Wildman–Crippen LogP) is 1.55. The molecule has 0 radical (unpaired) electrons. The molecule has 0 saturated heterocycles. The van der Waals surface area contributed by atoms with Crippen molar-refractivity contribution in [3.05, 3.63) is 48.0 Å². The van der Waals surface area contributed by atoms with Crippen molar-refractivity contribution in [2.24, 2.45) is 19.8 Å². The van der Waals surface area contributed by atoms with Crippen LogP contribution in [0.25, 0.3) is 11.0 Å². The topological polar surface area (TPSA) is 61.7 Å². The molecule has 0 fully saturated rings. The van der Waals surface area contributed by atoms with Crippen LogP contribution in [0.1, 0.15) is 17.6 Å². The van der Waals surface area contributed by atoms with Crippen LogP contribution in [0.5, 0.6) is 0 Å². The van der Waals surface area contributed by atoms with Crippen molar-refractivity contribution in [2.45, 2.75) is 12.5 Å². The van der Waals surface area contributed by atoms with E-state index in [1.165, 1.54) is 0 Å². The normalized spacial score (nSPS) is 13.0. The van der Waals surface area contributed by atoms with Gasteiger partial charge in [-0.1, -0.05) is 12.1 Å². The summed E-state index contributed by atoms with van der Waals surface area (Å²) in [7, 11) is 3.92. The highest BCUT2D eigenvalue weighted by molar-refractivity contribution is 5.75. The summed E-state index contributed by atoms with van der Waals surface area (Å²) in [4.78, 5) is 4.63. The number of aromatic nitrogens is 4. The molecular formula is C14H17N5. The Hall–Kier alpha value is -2.14. The number of fused-ring (bicyclic) bond motifs is 1. The standard InChI is InChI=1S/C14H17N5/c1-18-8-7-11(17-18)10(15)9-14-16-12-5-3-4-6-13(12)19(14)2/h3-8,10H,9,15H2,1-2H3. The Morgan fingerprint density at radius 2 is 2.00 bits per heavy atom. The van der Waals surface area contributed by atoms with E-state index >= 15 is 0 Å². The summed E-state index contributed by atoms with van der Waals surface area (Å²) in [5.41, 5.74) is 9.24. The minimum absolute atomic E-state index is 0.128. The van der Waals surface area contributed by atoms with Crippen molar-refractivity contribution in [2.75, 3.05) is 0 Å². The van der Waals surface area contributed by atoms with Crippen molar-refractivity contribution in [1.82, 2.24) is 19.3 Å². The van der Waals surface area contributed by atoms with Gasteiger partial charge in [0.15, 0.2) is 0 Å². The van der Waals surface area contributed by atoms with Crippen LogP contribution in [-0.2, 0) is 20.5 Å². The van der Waals surface area contributed by atoms with Crippen LogP contribution in [0.15, 0.2) is 36.5 Å². The van der Waals surface area contributed by atoms with Gasteiger partial charge in [-0.05, 0) is 18.2 Å². The molecule has 1 atom stereocenters. The number of nitrogens with zero attached hydrogens (tertiary/aromatic N) is 4. The predicted molar refractivity (Wildman–Crippen MR) is 74.6 cm³/mol. The summed E-state index contributed by atoms with van der Waals surface area (Å²) in [6.45, 7) is 0. The SMILES string of the molecule is Cn1ccc(C(N)Cc2nc3ccccc3n2C)n1. The van der Waals surface area contributed by atoms with Gasteiger partial charge in [0.25, 0.3) is 0 Å². The molecule has 0 aliphatic heterocycles. The molecule has 2 heterocycles. The molecule has 2 aromatic heterocycles. The van der Waals surface area contributed by atoms with Crippen LogP contribution in [0.4, 0.5) is 0 Å². The first-order valence-corrected chi connectivity index (χ1v) is 6.30. The quantitative estimate of drug-likeness (QED) is 0.772. The van der Waals surface area contributed by atoms with Crippen LogP contribution >= 0.6 is 0 Å². The van der Waals surface area contributed by atoms with E-state index in [4.69, 9.17) is 5.73 Å². The largest absolute Gasteiger partial charge is 0.331 e. The molecule has 19 heavy (non-hydrogen) atoms. The van der Waals surface area contributed by atoms with E-state index in [1.54, 1.807) is 4.68 Å². The maximum absolute atomic E-state index is 6.20. The van der Waals surface area contributed by atoms with Crippen LogP contribution in [-0.4, -0.2) is 19.3 Å². The first kappa shape index (κ1) is 11.9. The molecule has 0 spiro atoms. The fourth-order valence-corrected chi connectivity index (χ4v) is 2.31. The maximum Gasteiger partial charge on any atom is 0.111 e. The molecule has 98 valence electrons. The van der Waals surface area contributed by atoms with Gasteiger partial charge in [0, 0.05) is 26.7 Å². The molecule has 2 N–H and O–H groups in total. The fourth-order valence-electron chi connectivity index (χ4n) is 2.31. The summed E-state index contributed by atoms with van der Waals surface area (Å²) in [6, 6.07) is 9.93. The van der Waals surface area contributed by atoms with E-state index in [0.717, 1.165) is 22.6 Å². The van der Waals surface area contributed by atoms with Gasteiger partial charge in [-0.3, -0.25) is 4.68 Å². The van der Waals surface area contributed by atoms with E-state index in [-0.39, 0.29) is 6.04 Å². The zero-order valence-corrected chi connectivity index (χ0v) is 11.1. The lowest BCUT2D eigenvalue weighted by Crippen LogP contribution is -2.16. The molecule has 5 nitrogen and oxygen atoms in total. The second-order valence-corrected chi connectivity index (χ2v) is 4.80. The lowest BCUT2D eigenvalue weighted by Gasteiger charge is -2.08. The monoisotopic (exact) mass is 255 g/mol. The minimum Gasteiger partial charge on any atom is -0.331 e. The van der Waals surface area contributed by atoms with Crippen molar-refractivity contribution < 1.29 is 0 Å². The molecule has 0 saturated carbocycles. The number of hydrogen-bond donors (Lipinski definition) is 1. The second-order valence-electron chi connectivity index (χ2n) is 4.80. The van der Waals surface area contributed by atoms with Crippen LogP contribution in [0.2, 0.25) is 0 Å². The zero-order chi connectivity index (χ0) is 13.4. The number of hydrogen-bond acceptors (Lipinski definition) is 3. The third-order valence-electron chi connectivity index (χ3n) is 3.40. The molecule has 3 aromatic rings. The Morgan fingerprint density at radius 1 is 1.21 bits per heavy atom. The molecule has 0 aliphatic carbocycles. The van der Waals surface area contributed by atoms with Gasteiger partial charge in [-0.2, -0.15) is 5.10 Å². The van der Waals surface area contributed by atoms with Gasteiger partial charge in [0.1, 0.15) is 5.82 Å². The Morgan fingerprint density at radius 3 is 2.68 bits per heavy atom. The Balaban J connectivity index is 1.91. The van der Waals surface area contributed by atoms with Crippen molar-refractivity contribution >= 4 is 11.0 Å². The summed E-state index contributed by atoms with van der Waals surface area (Å²) in [6.07, 6.45) is 2.59. The molecule has 0 bridgehead atoms. The van der Waals surface area contributed by atoms with Crippen LogP contribution in [0.3, 0.4) is 0 Å². The second kappa shape index (κ2) is 4.51. The van der Waals surface area contributed by atoms with E-state index in [2.05, 4.69) is 20.7 Å². The minimum atomic E-state index is -0.128. The number of imidazole rings is 1. The van der Waals surface area contributed by atoms with Gasteiger partial charge in [0.05, 0.1) is 22.8 Å². The number of rotatable bonds is 3. The molecule has 1 aromatic carbocycles. The van der Waals surface area contributed by atoms with Gasteiger partial charge >= 0.3 is 0 Å². The van der Waals surface area contributed by atoms with Crippen molar-refractivity contribution in [1.29, 1.82) is 0 Å². The number of aryl methyl sites for hydroxylation is 2. The maximum atomic E-state index is 6.20. The number of nitrogens with two attached hydrogens (primary N) is 1. The first-order chi connectivity index (χ1) is 9.15. The summed E-state index contributed by atoms with van der Waals surface area (Å²) >= 11 is 0. The van der Waals surface area contributed by atoms with E-state index in [1.807, 2.05) is 44.6 Å². The van der Waals surface area contributed by atoms with Crippen molar-refractivity contribution in [3.63, 3.8) is 0 Å². The third-order valence-corrected chi connectivity index (χ3v) is 3.40. The lowest BCUT2D eigenvalue weighted by molar-refractivity contribution is 0.626. The highest BCUT2D eigenvalue weighted by Gasteiger charge is 2.14. The van der Waals surface area contributed by atoms with Crippen LogP contribution in [0, 0.1) is 0 Å². The van der Waals surface area contributed by atoms with Gasteiger partial charge in [-0.25, -0.2) is 4.98 Å². The van der Waals surface area contributed by atoms with E-state index < -0.39 is 0 Å². The third kappa shape index (κ3) is 2.13. The lowest BCUT2D eigenvalue weighted by atomic mass is 10.1. The van der Waals surface area contributed by atoms with Gasteiger partial charge < -0.3 is 10.3 Å². The number of para-hydroxylation sites is 2. The molecule has 3 rings (SSSR count). The molecule has 5 heteroatoms. The molecule has 0 aliphatic rings. The highest BCUT2D eigenvalue weighted by atomic mass is 15.3. The van der Waals surface area contributed by atoms with E-state index in [9.17, 15) is 0 Å². The van der Waals surface area contributed by atoms with Gasteiger partial charge in [-0.15, -0.1) is 0 Å². The van der Waals surface area contributed by atoms with Crippen LogP contribution < -0.4 is 5.73 Å². The Kier molecular flexibility index (Phi) is 2.83. The average Bonchev–Trinajstić information content (AvgIpc) is 2.96. The van der Waals surface area contributed by atoms with Gasteiger partial charge in [0.2, 0.25) is 0 Å². The Bertz CT molecular complexity index is 710. The Labute approximate surface area is 111 Å². The summed E-state index contributed by atoms with van der Waals surface area (Å²) < 4.78 is 3.86. The first-order valence-electron chi connectivity index (χ1n) is 6.30. The average molecular weight is 255 g/mol. The smallest absolute Gasteiger partial charge is 0.111 e. The van der Waals surface area contributed by atoms with E-state index in [0.29, 0.717) is 6.42 Å². The fraction of sp³-hybridized carbons (Fsp3) is 0.286. The highest BCUT2D eigenvalue weighted by Crippen LogP contribution is 2.18. The molecule has 0 amide bonds. The van der Waals surface area contributed by atoms with Crippen molar-refractivity contribution in [3.8, 4) is 0 Å². The summed E-state index contributed by atoms with van der Waals surface area (Å²) in [5, 5.41) is 4.34. The molecule has 1 unspecified atom stereocenters. The summed E-state index contributed by atoms with van der Waals surface area (Å²) in [5.74, 6) is 0.986. The molecular weight excluding hydrogens is 238 g/mol.